The van der Waals surface area contributed by atoms with Crippen LogP contribution in [0.1, 0.15) is 29.9 Å². The van der Waals surface area contributed by atoms with Crippen LogP contribution in [0.15, 0.2) is 48.5 Å². The number of likely N-dealkylation sites (tertiary alicyclic amines) is 1. The Hall–Kier alpha value is -2.73. The number of aryl methyl sites for hydroxylation is 1. The Bertz CT molecular complexity index is 777. The number of para-hydroxylation sites is 1. The molecule has 1 aliphatic rings. The third-order valence-corrected chi connectivity index (χ3v) is 5.07. The van der Waals surface area contributed by atoms with E-state index in [1.54, 1.807) is 0 Å². The average Bonchev–Trinajstić information content (AvgIpc) is 2.69. The van der Waals surface area contributed by atoms with Crippen LogP contribution in [0, 0.1) is 6.92 Å². The summed E-state index contributed by atoms with van der Waals surface area (Å²) in [6, 6.07) is 15.6. The number of piperidine rings is 1. The molecule has 0 bridgehead atoms. The Morgan fingerprint density at radius 3 is 2.50 bits per heavy atom. The van der Waals surface area contributed by atoms with Crippen LogP contribution in [0.5, 0.6) is 11.5 Å². The molecule has 2 atom stereocenters. The first-order chi connectivity index (χ1) is 13.5. The van der Waals surface area contributed by atoms with Gasteiger partial charge in [0.15, 0.2) is 0 Å². The lowest BCUT2D eigenvalue weighted by atomic mass is 9.87. The van der Waals surface area contributed by atoms with Crippen molar-refractivity contribution < 1.29 is 24.5 Å². The van der Waals surface area contributed by atoms with Gasteiger partial charge in [-0.2, -0.15) is 0 Å². The van der Waals surface area contributed by atoms with E-state index in [1.807, 2.05) is 55.5 Å². The van der Waals surface area contributed by atoms with Crippen molar-refractivity contribution in [3.8, 4) is 11.5 Å². The van der Waals surface area contributed by atoms with Crippen LogP contribution in [0.3, 0.4) is 0 Å². The van der Waals surface area contributed by atoms with E-state index in [4.69, 9.17) is 14.6 Å². The predicted molar refractivity (Wildman–Crippen MR) is 106 cm³/mol. The molecule has 6 nitrogen and oxygen atoms in total. The number of aliphatic hydroxyl groups excluding tert-OH is 1. The van der Waals surface area contributed by atoms with Gasteiger partial charge in [0.1, 0.15) is 11.5 Å². The van der Waals surface area contributed by atoms with Crippen molar-refractivity contribution in [2.24, 2.45) is 0 Å². The van der Waals surface area contributed by atoms with E-state index in [1.165, 1.54) is 4.90 Å². The molecule has 1 saturated heterocycles. The van der Waals surface area contributed by atoms with Gasteiger partial charge in [-0.15, -0.1) is 0 Å². The van der Waals surface area contributed by atoms with Crippen LogP contribution in [0.4, 0.5) is 4.79 Å². The van der Waals surface area contributed by atoms with Gasteiger partial charge in [0.25, 0.3) is 0 Å². The molecule has 150 valence electrons. The van der Waals surface area contributed by atoms with Crippen molar-refractivity contribution >= 4 is 6.09 Å². The quantitative estimate of drug-likeness (QED) is 0.711. The minimum Gasteiger partial charge on any atom is -0.493 e. The molecule has 2 unspecified atom stereocenters. The number of rotatable bonds is 7. The number of nitrogens with zero attached hydrogens (tertiary/aromatic N) is 1. The Labute approximate surface area is 165 Å². The molecule has 1 heterocycles. The fourth-order valence-electron chi connectivity index (χ4n) is 3.45. The molecule has 28 heavy (non-hydrogen) atoms. The lowest BCUT2D eigenvalue weighted by molar-refractivity contribution is 0.0504. The SMILES string of the molecule is Cc1ccccc1OCCCOc1ccc(C2CCN(C(=O)O)CC2O)cc1. The first kappa shape index (κ1) is 20.0. The second kappa shape index (κ2) is 9.46. The Morgan fingerprint density at radius 1 is 1.11 bits per heavy atom. The Kier molecular flexibility index (Phi) is 6.76. The average molecular weight is 385 g/mol. The lowest BCUT2D eigenvalue weighted by Gasteiger charge is -2.34. The highest BCUT2D eigenvalue weighted by atomic mass is 16.5. The monoisotopic (exact) mass is 385 g/mol. The molecule has 2 aromatic carbocycles. The van der Waals surface area contributed by atoms with E-state index >= 15 is 0 Å². The normalized spacial score (nSPS) is 19.3. The minimum absolute atomic E-state index is 0.0489. The molecule has 6 heteroatoms. The van der Waals surface area contributed by atoms with Crippen LogP contribution in [-0.2, 0) is 0 Å². The second-order valence-corrected chi connectivity index (χ2v) is 7.08. The summed E-state index contributed by atoms with van der Waals surface area (Å²) in [5.74, 6) is 1.63. The highest BCUT2D eigenvalue weighted by molar-refractivity contribution is 5.65. The van der Waals surface area contributed by atoms with Crippen molar-refractivity contribution in [2.75, 3.05) is 26.3 Å². The molecule has 3 rings (SSSR count). The van der Waals surface area contributed by atoms with E-state index in [0.717, 1.165) is 29.0 Å². The molecule has 1 fully saturated rings. The van der Waals surface area contributed by atoms with Crippen molar-refractivity contribution in [3.63, 3.8) is 0 Å². The molecule has 0 aromatic heterocycles. The van der Waals surface area contributed by atoms with Crippen LogP contribution >= 0.6 is 0 Å². The summed E-state index contributed by atoms with van der Waals surface area (Å²) < 4.78 is 11.5. The first-order valence-corrected chi connectivity index (χ1v) is 9.61. The smallest absolute Gasteiger partial charge is 0.407 e. The molecule has 0 radical (unpaired) electrons. The third-order valence-electron chi connectivity index (χ3n) is 5.07. The number of benzene rings is 2. The third kappa shape index (κ3) is 5.16. The topological polar surface area (TPSA) is 79.2 Å². The van der Waals surface area contributed by atoms with Gasteiger partial charge in [-0.25, -0.2) is 4.79 Å². The zero-order chi connectivity index (χ0) is 19.9. The molecule has 0 aliphatic carbocycles. The summed E-state index contributed by atoms with van der Waals surface area (Å²) in [5, 5.41) is 19.3. The summed E-state index contributed by atoms with van der Waals surface area (Å²) in [6.07, 6.45) is -0.269. The van der Waals surface area contributed by atoms with E-state index in [-0.39, 0.29) is 12.5 Å². The highest BCUT2D eigenvalue weighted by Crippen LogP contribution is 2.29. The number of ether oxygens (including phenoxy) is 2. The Balaban J connectivity index is 1.42. The maximum atomic E-state index is 11.0. The van der Waals surface area contributed by atoms with E-state index in [0.29, 0.717) is 26.2 Å². The first-order valence-electron chi connectivity index (χ1n) is 9.61. The van der Waals surface area contributed by atoms with Crippen molar-refractivity contribution in [3.05, 3.63) is 59.7 Å². The van der Waals surface area contributed by atoms with E-state index in [2.05, 4.69) is 0 Å². The summed E-state index contributed by atoms with van der Waals surface area (Å²) in [6.45, 7) is 3.77. The number of aliphatic hydroxyl groups is 1. The van der Waals surface area contributed by atoms with Gasteiger partial charge in [0.05, 0.1) is 25.9 Å². The summed E-state index contributed by atoms with van der Waals surface area (Å²) in [4.78, 5) is 12.3. The van der Waals surface area contributed by atoms with Gasteiger partial charge in [0, 0.05) is 18.9 Å². The van der Waals surface area contributed by atoms with Gasteiger partial charge >= 0.3 is 6.09 Å². The number of hydrogen-bond donors (Lipinski definition) is 2. The lowest BCUT2D eigenvalue weighted by Crippen LogP contribution is -2.45. The summed E-state index contributed by atoms with van der Waals surface area (Å²) >= 11 is 0. The van der Waals surface area contributed by atoms with E-state index < -0.39 is 12.2 Å². The number of β-amino-alcohol motifs (C(OH)–C–C–N with tert-alkyl or cyclic N) is 1. The number of carboxylic acid groups (broad SMARTS) is 1. The Morgan fingerprint density at radius 2 is 1.82 bits per heavy atom. The zero-order valence-corrected chi connectivity index (χ0v) is 16.1. The van der Waals surface area contributed by atoms with Crippen molar-refractivity contribution in [2.45, 2.75) is 31.8 Å². The molecular formula is C22H27NO5. The van der Waals surface area contributed by atoms with Crippen molar-refractivity contribution in [1.82, 2.24) is 4.90 Å². The second-order valence-electron chi connectivity index (χ2n) is 7.08. The molecule has 2 aromatic rings. The van der Waals surface area contributed by atoms with Crippen LogP contribution in [-0.4, -0.2) is 53.6 Å². The molecule has 0 saturated carbocycles. The van der Waals surface area contributed by atoms with Gasteiger partial charge in [-0.3, -0.25) is 0 Å². The molecule has 0 spiro atoms. The van der Waals surface area contributed by atoms with Crippen LogP contribution in [0.25, 0.3) is 0 Å². The van der Waals surface area contributed by atoms with Gasteiger partial charge in [0.2, 0.25) is 0 Å². The van der Waals surface area contributed by atoms with E-state index in [9.17, 15) is 9.90 Å². The zero-order valence-electron chi connectivity index (χ0n) is 16.1. The van der Waals surface area contributed by atoms with Crippen LogP contribution < -0.4 is 9.47 Å². The largest absolute Gasteiger partial charge is 0.493 e. The summed E-state index contributed by atoms with van der Waals surface area (Å²) in [7, 11) is 0. The summed E-state index contributed by atoms with van der Waals surface area (Å²) in [5.41, 5.74) is 2.13. The molecule has 2 N–H and O–H groups in total. The minimum atomic E-state index is -0.979. The number of hydrogen-bond acceptors (Lipinski definition) is 4. The highest BCUT2D eigenvalue weighted by Gasteiger charge is 2.30. The standard InChI is InChI=1S/C22H27NO5/c1-16-5-2-3-6-21(16)28-14-4-13-27-18-9-7-17(8-10-18)19-11-12-23(22(25)26)15-20(19)24/h2-3,5-10,19-20,24H,4,11-15H2,1H3,(H,25,26). The van der Waals surface area contributed by atoms with Gasteiger partial charge < -0.3 is 24.6 Å². The van der Waals surface area contributed by atoms with Gasteiger partial charge in [-0.1, -0.05) is 30.3 Å². The molecular weight excluding hydrogens is 358 g/mol. The maximum Gasteiger partial charge on any atom is 0.407 e. The van der Waals surface area contributed by atoms with Crippen LogP contribution in [0.2, 0.25) is 0 Å². The molecule has 1 aliphatic heterocycles. The fourth-order valence-corrected chi connectivity index (χ4v) is 3.45. The maximum absolute atomic E-state index is 11.0. The fraction of sp³-hybridized carbons (Fsp3) is 0.409. The van der Waals surface area contributed by atoms with Gasteiger partial charge in [-0.05, 0) is 42.7 Å². The van der Waals surface area contributed by atoms with Crippen molar-refractivity contribution in [1.29, 1.82) is 0 Å². The molecule has 1 amide bonds. The number of amides is 1. The predicted octanol–water partition coefficient (Wildman–Crippen LogP) is 3.67. The number of carbonyl (C=O) groups is 1.